The Morgan fingerprint density at radius 2 is 1.88 bits per heavy atom. The Labute approximate surface area is 187 Å². The first-order valence-electron chi connectivity index (χ1n) is 9.82. The number of aromatic amines is 1. The van der Waals surface area contributed by atoms with Gasteiger partial charge in [-0.2, -0.15) is 0 Å². The van der Waals surface area contributed by atoms with Gasteiger partial charge in [-0.3, -0.25) is 9.59 Å². The molecule has 2 aromatic heterocycles. The Kier molecular flexibility index (Phi) is 5.62. The van der Waals surface area contributed by atoms with Gasteiger partial charge in [0.05, 0.1) is 12.8 Å². The van der Waals surface area contributed by atoms with Gasteiger partial charge in [0.15, 0.2) is 0 Å². The average molecular weight is 471 g/mol. The fourth-order valence-electron chi connectivity index (χ4n) is 3.81. The summed E-state index contributed by atoms with van der Waals surface area (Å²) in [7, 11) is -3.96. The van der Waals surface area contributed by atoms with Crippen LogP contribution in [0, 0.1) is 18.6 Å². The van der Waals surface area contributed by atoms with E-state index in [1.165, 1.54) is 16.8 Å². The number of aryl methyl sites for hydroxylation is 1. The highest BCUT2D eigenvalue weighted by Gasteiger charge is 2.27. The molecule has 0 aliphatic heterocycles. The number of carbonyl (C=O) groups is 1. The number of amides is 1. The molecule has 33 heavy (non-hydrogen) atoms. The van der Waals surface area contributed by atoms with Crippen LogP contribution in [0.5, 0.6) is 0 Å². The summed E-state index contributed by atoms with van der Waals surface area (Å²) in [5, 5.41) is 0.488. The molecule has 0 unspecified atom stereocenters. The van der Waals surface area contributed by atoms with Crippen molar-refractivity contribution in [3.8, 4) is 11.1 Å². The normalized spacial score (nSPS) is 11.6. The third-order valence-corrected chi connectivity index (χ3v) is 5.69. The van der Waals surface area contributed by atoms with Gasteiger partial charge in [0.2, 0.25) is 10.0 Å². The predicted octanol–water partition coefficient (Wildman–Crippen LogP) is 3.32. The second kappa shape index (κ2) is 8.28. The lowest BCUT2D eigenvalue weighted by Gasteiger charge is -2.13. The molecule has 0 radical (unpaired) electrons. The van der Waals surface area contributed by atoms with Crippen molar-refractivity contribution in [2.24, 2.45) is 0 Å². The molecule has 0 fully saturated rings. The Hall–Kier alpha value is -3.79. The number of benzene rings is 2. The summed E-state index contributed by atoms with van der Waals surface area (Å²) in [6, 6.07) is 11.2. The molecule has 4 rings (SSSR count). The summed E-state index contributed by atoms with van der Waals surface area (Å²) >= 11 is 0. The minimum Gasteiger partial charge on any atom is -0.331 e. The van der Waals surface area contributed by atoms with Crippen LogP contribution < -0.4 is 10.3 Å². The molecule has 2 aromatic carbocycles. The first-order valence-corrected chi connectivity index (χ1v) is 11.7. The van der Waals surface area contributed by atoms with Crippen LogP contribution in [0.3, 0.4) is 0 Å². The molecule has 0 aliphatic carbocycles. The van der Waals surface area contributed by atoms with Gasteiger partial charge in [-0.1, -0.05) is 11.6 Å². The molecular formula is C23H19F2N3O4S. The maximum absolute atomic E-state index is 14.5. The lowest BCUT2D eigenvalue weighted by molar-refractivity contribution is 0.0974. The fraction of sp³-hybridized carbons (Fsp3) is 0.130. The summed E-state index contributed by atoms with van der Waals surface area (Å²) in [4.78, 5) is 28.4. The second-order valence-electron chi connectivity index (χ2n) is 7.68. The van der Waals surface area contributed by atoms with E-state index in [9.17, 15) is 26.8 Å². The van der Waals surface area contributed by atoms with Crippen molar-refractivity contribution in [1.82, 2.24) is 14.3 Å². The lowest BCUT2D eigenvalue weighted by Crippen LogP contribution is -2.32. The number of fused-ring (bicyclic) bond motifs is 1. The number of hydrogen-bond donors (Lipinski definition) is 2. The molecular weight excluding hydrogens is 452 g/mol. The number of sulfonamides is 1. The van der Waals surface area contributed by atoms with E-state index in [2.05, 4.69) is 4.98 Å². The van der Waals surface area contributed by atoms with E-state index in [0.717, 1.165) is 30.0 Å². The number of carbonyl (C=O) groups excluding carboxylic acids is 1. The van der Waals surface area contributed by atoms with E-state index < -0.39 is 33.1 Å². The van der Waals surface area contributed by atoms with Crippen LogP contribution in [0.2, 0.25) is 0 Å². The van der Waals surface area contributed by atoms with Crippen LogP contribution in [0.25, 0.3) is 22.0 Å². The van der Waals surface area contributed by atoms with Crippen LogP contribution in [0.1, 0.15) is 21.6 Å². The van der Waals surface area contributed by atoms with Crippen LogP contribution >= 0.6 is 0 Å². The lowest BCUT2D eigenvalue weighted by atomic mass is 10.0. The van der Waals surface area contributed by atoms with Crippen molar-refractivity contribution < 1.29 is 22.0 Å². The van der Waals surface area contributed by atoms with Gasteiger partial charge in [0.25, 0.3) is 11.5 Å². The standard InChI is InChI=1S/C23H19F2N3O4S/c1-13-5-8-19-17(10-13)20(16-4-3-9-26-22(16)29)21(23(30)27-33(2,31)32)28(19)12-14-11-15(24)6-7-18(14)25/h3-11H,12H2,1-2H3,(H,26,29)(H,27,30). The Bertz CT molecular complexity index is 1570. The van der Waals surface area contributed by atoms with Crippen molar-refractivity contribution in [3.05, 3.63) is 93.5 Å². The van der Waals surface area contributed by atoms with Crippen molar-refractivity contribution >= 4 is 26.8 Å². The molecule has 0 bridgehead atoms. The first kappa shape index (κ1) is 22.4. The maximum Gasteiger partial charge on any atom is 0.282 e. The summed E-state index contributed by atoms with van der Waals surface area (Å²) in [6.45, 7) is 1.54. The molecule has 170 valence electrons. The van der Waals surface area contributed by atoms with Gasteiger partial charge in [-0.15, -0.1) is 0 Å². The predicted molar refractivity (Wildman–Crippen MR) is 121 cm³/mol. The van der Waals surface area contributed by atoms with Crippen LogP contribution in [0.15, 0.2) is 59.5 Å². The Morgan fingerprint density at radius 3 is 2.58 bits per heavy atom. The topological polar surface area (TPSA) is 101 Å². The molecule has 0 saturated carbocycles. The van der Waals surface area contributed by atoms with Gasteiger partial charge >= 0.3 is 0 Å². The number of pyridine rings is 1. The van der Waals surface area contributed by atoms with E-state index in [1.54, 1.807) is 24.3 Å². The molecule has 1 amide bonds. The second-order valence-corrected chi connectivity index (χ2v) is 9.43. The summed E-state index contributed by atoms with van der Waals surface area (Å²) in [5.41, 5.74) is 0.874. The summed E-state index contributed by atoms with van der Waals surface area (Å²) in [5.74, 6) is -2.36. The number of halogens is 2. The quantitative estimate of drug-likeness (QED) is 0.466. The molecule has 4 aromatic rings. The van der Waals surface area contributed by atoms with Crippen LogP contribution in [-0.4, -0.2) is 30.1 Å². The molecule has 0 saturated heterocycles. The minimum atomic E-state index is -3.96. The van der Waals surface area contributed by atoms with E-state index >= 15 is 0 Å². The highest BCUT2D eigenvalue weighted by molar-refractivity contribution is 7.89. The molecule has 2 heterocycles. The maximum atomic E-state index is 14.5. The molecule has 2 N–H and O–H groups in total. The van der Waals surface area contributed by atoms with Crippen molar-refractivity contribution in [2.45, 2.75) is 13.5 Å². The highest BCUT2D eigenvalue weighted by atomic mass is 32.2. The molecule has 7 nitrogen and oxygen atoms in total. The summed E-state index contributed by atoms with van der Waals surface area (Å²) < 4.78 is 55.3. The molecule has 0 spiro atoms. The number of hydrogen-bond acceptors (Lipinski definition) is 4. The highest BCUT2D eigenvalue weighted by Crippen LogP contribution is 2.35. The molecule has 0 atom stereocenters. The van der Waals surface area contributed by atoms with Gasteiger partial charge < -0.3 is 9.55 Å². The Balaban J connectivity index is 2.10. The van der Waals surface area contributed by atoms with E-state index in [4.69, 9.17) is 0 Å². The number of nitrogens with zero attached hydrogens (tertiary/aromatic N) is 1. The van der Waals surface area contributed by atoms with E-state index in [1.807, 2.05) is 11.6 Å². The summed E-state index contributed by atoms with van der Waals surface area (Å²) in [6.07, 6.45) is 2.25. The number of rotatable bonds is 5. The third kappa shape index (κ3) is 4.42. The SMILES string of the molecule is Cc1ccc2c(c1)c(-c1ccc[nH]c1=O)c(C(=O)NS(C)(=O)=O)n2Cc1cc(F)ccc1F. The van der Waals surface area contributed by atoms with Gasteiger partial charge in [0, 0.05) is 33.8 Å². The fourth-order valence-corrected chi connectivity index (χ4v) is 4.24. The monoisotopic (exact) mass is 471 g/mol. The zero-order valence-corrected chi connectivity index (χ0v) is 18.5. The van der Waals surface area contributed by atoms with Crippen molar-refractivity contribution in [2.75, 3.05) is 6.26 Å². The number of aromatic nitrogens is 2. The van der Waals surface area contributed by atoms with Crippen LogP contribution in [-0.2, 0) is 16.6 Å². The van der Waals surface area contributed by atoms with E-state index in [0.29, 0.717) is 10.9 Å². The van der Waals surface area contributed by atoms with Crippen molar-refractivity contribution in [3.63, 3.8) is 0 Å². The number of H-pyrrole nitrogens is 1. The van der Waals surface area contributed by atoms with Gasteiger partial charge in [-0.05, 0) is 49.4 Å². The largest absolute Gasteiger partial charge is 0.331 e. The van der Waals surface area contributed by atoms with Crippen LogP contribution in [0.4, 0.5) is 8.78 Å². The first-order chi connectivity index (χ1) is 15.5. The average Bonchev–Trinajstić information content (AvgIpc) is 3.03. The Morgan fingerprint density at radius 1 is 1.12 bits per heavy atom. The zero-order valence-electron chi connectivity index (χ0n) is 17.6. The smallest absolute Gasteiger partial charge is 0.282 e. The minimum absolute atomic E-state index is 0.0469. The van der Waals surface area contributed by atoms with Crippen molar-refractivity contribution in [1.29, 1.82) is 0 Å². The van der Waals surface area contributed by atoms with Gasteiger partial charge in [0.1, 0.15) is 17.3 Å². The molecule has 0 aliphatic rings. The molecule has 10 heteroatoms. The zero-order chi connectivity index (χ0) is 23.9. The van der Waals surface area contributed by atoms with Gasteiger partial charge in [-0.25, -0.2) is 21.9 Å². The number of nitrogens with one attached hydrogen (secondary N) is 2. The van der Waals surface area contributed by atoms with E-state index in [-0.39, 0.29) is 28.9 Å². The third-order valence-electron chi connectivity index (χ3n) is 5.14.